The third-order valence-corrected chi connectivity index (χ3v) is 5.79. The molecule has 6 heteroatoms. The van der Waals surface area contributed by atoms with Crippen LogP contribution in [0.25, 0.3) is 6.08 Å². The zero-order valence-electron chi connectivity index (χ0n) is 21.6. The number of carbonyl (C=O) groups is 2. The number of aromatic hydroxyl groups is 1. The highest BCUT2D eigenvalue weighted by Crippen LogP contribution is 2.27. The van der Waals surface area contributed by atoms with Crippen LogP contribution in [0.3, 0.4) is 0 Å². The van der Waals surface area contributed by atoms with Gasteiger partial charge in [0.05, 0.1) is 19.1 Å². The van der Waals surface area contributed by atoms with E-state index in [9.17, 15) is 14.7 Å². The average molecular weight is 503 g/mol. The molecular formula is C31H34O6. The summed E-state index contributed by atoms with van der Waals surface area (Å²) < 4.78 is 16.5. The van der Waals surface area contributed by atoms with Crippen molar-refractivity contribution in [3.05, 3.63) is 101 Å². The van der Waals surface area contributed by atoms with E-state index in [4.69, 9.17) is 14.2 Å². The highest BCUT2D eigenvalue weighted by molar-refractivity contribution is 5.95. The van der Waals surface area contributed by atoms with E-state index in [-0.39, 0.29) is 25.4 Å². The van der Waals surface area contributed by atoms with Crippen LogP contribution in [-0.4, -0.2) is 30.3 Å². The Bertz CT molecular complexity index is 1200. The van der Waals surface area contributed by atoms with Crippen molar-refractivity contribution >= 4 is 18.0 Å². The molecule has 1 N–H and O–H groups in total. The maximum Gasteiger partial charge on any atom is 0.334 e. The lowest BCUT2D eigenvalue weighted by Gasteiger charge is -2.18. The van der Waals surface area contributed by atoms with E-state index in [1.165, 1.54) is 0 Å². The monoisotopic (exact) mass is 502 g/mol. The minimum Gasteiger partial charge on any atom is -0.507 e. The quantitative estimate of drug-likeness (QED) is 0.240. The Labute approximate surface area is 218 Å². The van der Waals surface area contributed by atoms with E-state index < -0.39 is 17.9 Å². The fourth-order valence-corrected chi connectivity index (χ4v) is 3.91. The van der Waals surface area contributed by atoms with E-state index in [1.54, 1.807) is 38.1 Å². The first kappa shape index (κ1) is 27.5. The van der Waals surface area contributed by atoms with Crippen molar-refractivity contribution in [2.24, 2.45) is 5.92 Å². The van der Waals surface area contributed by atoms with Gasteiger partial charge < -0.3 is 19.3 Å². The summed E-state index contributed by atoms with van der Waals surface area (Å²) in [5.74, 6) is -0.759. The molecule has 0 saturated heterocycles. The first-order valence-corrected chi connectivity index (χ1v) is 12.5. The Morgan fingerprint density at radius 1 is 0.892 bits per heavy atom. The van der Waals surface area contributed by atoms with Gasteiger partial charge in [-0.15, -0.1) is 0 Å². The molecule has 194 valence electrons. The smallest absolute Gasteiger partial charge is 0.334 e. The predicted molar refractivity (Wildman–Crippen MR) is 143 cm³/mol. The molecule has 0 amide bonds. The van der Waals surface area contributed by atoms with Crippen LogP contribution in [0.2, 0.25) is 0 Å². The number of ether oxygens (including phenoxy) is 3. The van der Waals surface area contributed by atoms with Gasteiger partial charge in [-0.2, -0.15) is 0 Å². The average Bonchev–Trinajstić information content (AvgIpc) is 2.90. The van der Waals surface area contributed by atoms with E-state index >= 15 is 0 Å². The summed E-state index contributed by atoms with van der Waals surface area (Å²) in [6, 6.07) is 22.6. The fourth-order valence-electron chi connectivity index (χ4n) is 3.91. The van der Waals surface area contributed by atoms with Crippen molar-refractivity contribution in [3.63, 3.8) is 0 Å². The second-order valence-corrected chi connectivity index (χ2v) is 8.73. The molecule has 0 bridgehead atoms. The maximum atomic E-state index is 12.9. The van der Waals surface area contributed by atoms with Crippen molar-refractivity contribution in [1.82, 2.24) is 0 Å². The number of phenols is 1. The number of benzene rings is 3. The van der Waals surface area contributed by atoms with Crippen LogP contribution in [0.4, 0.5) is 0 Å². The minimum atomic E-state index is -0.612. The predicted octanol–water partition coefficient (Wildman–Crippen LogP) is 6.04. The van der Waals surface area contributed by atoms with Crippen molar-refractivity contribution in [1.29, 1.82) is 0 Å². The van der Waals surface area contributed by atoms with Crippen LogP contribution in [0.5, 0.6) is 11.5 Å². The number of rotatable bonds is 12. The highest BCUT2D eigenvalue weighted by atomic mass is 16.5. The van der Waals surface area contributed by atoms with Crippen LogP contribution < -0.4 is 4.74 Å². The second kappa shape index (κ2) is 13.9. The molecule has 3 aromatic rings. The number of carbonyl (C=O) groups excluding carboxylic acids is 2. The Morgan fingerprint density at radius 2 is 1.59 bits per heavy atom. The van der Waals surface area contributed by atoms with Crippen LogP contribution >= 0.6 is 0 Å². The molecule has 0 aliphatic rings. The molecule has 37 heavy (non-hydrogen) atoms. The summed E-state index contributed by atoms with van der Waals surface area (Å²) in [5, 5.41) is 10.3. The van der Waals surface area contributed by atoms with Gasteiger partial charge in [-0.1, -0.05) is 54.1 Å². The summed E-state index contributed by atoms with van der Waals surface area (Å²) in [7, 11) is 0. The van der Waals surface area contributed by atoms with Gasteiger partial charge in [0.1, 0.15) is 18.1 Å². The van der Waals surface area contributed by atoms with Crippen molar-refractivity contribution in [2.75, 3.05) is 13.2 Å². The van der Waals surface area contributed by atoms with Gasteiger partial charge in [0.25, 0.3) is 0 Å². The zero-order valence-corrected chi connectivity index (χ0v) is 21.6. The van der Waals surface area contributed by atoms with Crippen molar-refractivity contribution < 1.29 is 28.9 Å². The molecule has 0 fully saturated rings. The number of esters is 2. The maximum absolute atomic E-state index is 12.9. The van der Waals surface area contributed by atoms with Crippen LogP contribution in [0.1, 0.15) is 42.5 Å². The minimum absolute atomic E-state index is 0.0474. The molecule has 0 aromatic heterocycles. The van der Waals surface area contributed by atoms with Gasteiger partial charge >= 0.3 is 11.9 Å². The zero-order chi connectivity index (χ0) is 26.6. The van der Waals surface area contributed by atoms with E-state index in [1.807, 2.05) is 61.5 Å². The largest absolute Gasteiger partial charge is 0.507 e. The van der Waals surface area contributed by atoms with E-state index in [2.05, 4.69) is 0 Å². The molecule has 1 unspecified atom stereocenters. The summed E-state index contributed by atoms with van der Waals surface area (Å²) >= 11 is 0. The van der Waals surface area contributed by atoms with Gasteiger partial charge in [-0.05, 0) is 75.1 Å². The van der Waals surface area contributed by atoms with Gasteiger partial charge in [0, 0.05) is 11.1 Å². The van der Waals surface area contributed by atoms with E-state index in [0.29, 0.717) is 24.2 Å². The second-order valence-electron chi connectivity index (χ2n) is 8.73. The Balaban J connectivity index is 1.79. The van der Waals surface area contributed by atoms with Gasteiger partial charge in [-0.25, -0.2) is 4.79 Å². The normalized spacial score (nSPS) is 12.0. The molecule has 0 spiro atoms. The van der Waals surface area contributed by atoms with Crippen molar-refractivity contribution in [2.45, 2.75) is 40.2 Å². The van der Waals surface area contributed by atoms with E-state index in [0.717, 1.165) is 22.4 Å². The Morgan fingerprint density at radius 3 is 2.27 bits per heavy atom. The summed E-state index contributed by atoms with van der Waals surface area (Å²) in [4.78, 5) is 25.7. The molecule has 3 aromatic carbocycles. The Hall–Kier alpha value is -4.06. The fraction of sp³-hybridized carbons (Fsp3) is 0.290. The first-order valence-electron chi connectivity index (χ1n) is 12.5. The molecule has 0 radical (unpaired) electrons. The standard InChI is InChI=1S/C31H34O6/c1-4-35-30(33)26(18-23-12-14-28(15-13-23)37-21-24-9-7-6-8-10-24)20-27(31(34)36-5-2)19-25-17-22(3)11-16-29(25)32/h6-17,19,26,32H,4-5,18,20-21H2,1-3H3/b27-19-. The number of aryl methyl sites for hydroxylation is 1. The lowest BCUT2D eigenvalue weighted by atomic mass is 9.91. The molecule has 6 nitrogen and oxygen atoms in total. The molecule has 0 aliphatic heterocycles. The van der Waals surface area contributed by atoms with Gasteiger partial charge in [0.15, 0.2) is 0 Å². The summed E-state index contributed by atoms with van der Waals surface area (Å²) in [5.41, 5.74) is 3.71. The third kappa shape index (κ3) is 8.53. The topological polar surface area (TPSA) is 82.1 Å². The van der Waals surface area contributed by atoms with Crippen molar-refractivity contribution in [3.8, 4) is 11.5 Å². The molecule has 0 aliphatic carbocycles. The number of hydrogen-bond donors (Lipinski definition) is 1. The van der Waals surface area contributed by atoms with Crippen LogP contribution in [0, 0.1) is 12.8 Å². The molecule has 0 heterocycles. The Kier molecular flexibility index (Phi) is 10.3. The lowest BCUT2D eigenvalue weighted by Crippen LogP contribution is -2.23. The highest BCUT2D eigenvalue weighted by Gasteiger charge is 2.25. The SMILES string of the molecule is CCOC(=O)/C(=C\c1cc(C)ccc1O)CC(Cc1ccc(OCc2ccccc2)cc1)C(=O)OCC. The summed E-state index contributed by atoms with van der Waals surface area (Å²) in [6.07, 6.45) is 2.07. The third-order valence-electron chi connectivity index (χ3n) is 5.79. The molecule has 3 rings (SSSR count). The summed E-state index contributed by atoms with van der Waals surface area (Å²) in [6.45, 7) is 6.27. The molecule has 0 saturated carbocycles. The molecular weight excluding hydrogens is 468 g/mol. The van der Waals surface area contributed by atoms with Crippen LogP contribution in [-0.2, 0) is 32.1 Å². The van der Waals surface area contributed by atoms with Gasteiger partial charge in [-0.3, -0.25) is 4.79 Å². The molecule has 1 atom stereocenters. The number of phenolic OH excluding ortho intramolecular Hbond substituents is 1. The number of hydrogen-bond acceptors (Lipinski definition) is 6. The lowest BCUT2D eigenvalue weighted by molar-refractivity contribution is -0.148. The van der Waals surface area contributed by atoms with Gasteiger partial charge in [0.2, 0.25) is 0 Å². The van der Waals surface area contributed by atoms with Crippen LogP contribution in [0.15, 0.2) is 78.4 Å². The first-order chi connectivity index (χ1) is 17.9.